The number of hydrogen-bond acceptors (Lipinski definition) is 4. The summed E-state index contributed by atoms with van der Waals surface area (Å²) in [7, 11) is 0. The zero-order chi connectivity index (χ0) is 18.9. The van der Waals surface area contributed by atoms with Crippen molar-refractivity contribution in [1.29, 1.82) is 0 Å². The summed E-state index contributed by atoms with van der Waals surface area (Å²) < 4.78 is 11.5. The first-order chi connectivity index (χ1) is 13.3. The minimum absolute atomic E-state index is 0.568. The molecule has 0 amide bonds. The maximum Gasteiger partial charge on any atom is 0.123 e. The Bertz CT molecular complexity index is 704. The molecule has 1 aliphatic rings. The molecule has 0 bridgehead atoms. The molecule has 1 atom stereocenters. The Morgan fingerprint density at radius 3 is 2.26 bits per heavy atom. The predicted molar refractivity (Wildman–Crippen MR) is 110 cm³/mol. The fourth-order valence-corrected chi connectivity index (χ4v) is 3.80. The number of para-hydroxylation sites is 2. The highest BCUT2D eigenvalue weighted by atomic mass is 16.5. The Hall–Kier alpha value is -2.04. The number of nitrogens with one attached hydrogen (secondary N) is 1. The van der Waals surface area contributed by atoms with E-state index in [9.17, 15) is 0 Å². The molecule has 1 heterocycles. The normalized spacial score (nSPS) is 17.2. The minimum Gasteiger partial charge on any atom is -0.494 e. The average molecular weight is 369 g/mol. The van der Waals surface area contributed by atoms with E-state index < -0.39 is 0 Å². The molecule has 4 nitrogen and oxygen atoms in total. The van der Waals surface area contributed by atoms with Crippen molar-refractivity contribution in [3.63, 3.8) is 0 Å². The van der Waals surface area contributed by atoms with Gasteiger partial charge in [0.05, 0.1) is 13.2 Å². The molecular formula is C23H32N2O2. The van der Waals surface area contributed by atoms with Crippen LogP contribution in [0.25, 0.3) is 0 Å². The van der Waals surface area contributed by atoms with Crippen LogP contribution in [0.15, 0.2) is 48.5 Å². The van der Waals surface area contributed by atoms with E-state index in [0.29, 0.717) is 19.3 Å². The Balaban J connectivity index is 1.55. The first-order valence-electron chi connectivity index (χ1n) is 10.2. The molecule has 1 aliphatic heterocycles. The molecule has 2 aromatic rings. The molecule has 0 radical (unpaired) electrons. The lowest BCUT2D eigenvalue weighted by Gasteiger charge is -2.26. The van der Waals surface area contributed by atoms with Crippen LogP contribution in [0, 0.1) is 0 Å². The lowest BCUT2D eigenvalue weighted by Crippen LogP contribution is -2.37. The van der Waals surface area contributed by atoms with Gasteiger partial charge in [0.2, 0.25) is 0 Å². The van der Waals surface area contributed by atoms with E-state index in [4.69, 9.17) is 9.47 Å². The summed E-state index contributed by atoms with van der Waals surface area (Å²) in [5.41, 5.74) is 2.51. The molecule has 3 rings (SSSR count). The highest BCUT2D eigenvalue weighted by molar-refractivity contribution is 5.34. The number of benzene rings is 2. The Kier molecular flexibility index (Phi) is 7.55. The molecule has 1 unspecified atom stereocenters. The van der Waals surface area contributed by atoms with Gasteiger partial charge in [-0.3, -0.25) is 4.90 Å². The van der Waals surface area contributed by atoms with Crippen LogP contribution >= 0.6 is 0 Å². The fourth-order valence-electron chi connectivity index (χ4n) is 3.80. The minimum atomic E-state index is 0.568. The highest BCUT2D eigenvalue weighted by Gasteiger charge is 2.25. The third kappa shape index (κ3) is 5.47. The van der Waals surface area contributed by atoms with E-state index in [-0.39, 0.29) is 0 Å². The van der Waals surface area contributed by atoms with E-state index in [1.54, 1.807) is 0 Å². The lowest BCUT2D eigenvalue weighted by molar-refractivity contribution is 0.233. The van der Waals surface area contributed by atoms with E-state index in [2.05, 4.69) is 40.5 Å². The van der Waals surface area contributed by atoms with E-state index in [1.165, 1.54) is 24.0 Å². The molecule has 1 N–H and O–H groups in total. The van der Waals surface area contributed by atoms with Crippen molar-refractivity contribution in [2.75, 3.05) is 26.3 Å². The third-order valence-electron chi connectivity index (χ3n) is 5.11. The number of rotatable bonds is 10. The van der Waals surface area contributed by atoms with Gasteiger partial charge in [0.25, 0.3) is 0 Å². The third-order valence-corrected chi connectivity index (χ3v) is 5.11. The van der Waals surface area contributed by atoms with E-state index in [0.717, 1.165) is 37.7 Å². The molecule has 4 heteroatoms. The summed E-state index contributed by atoms with van der Waals surface area (Å²) in [6.07, 6.45) is 2.51. The van der Waals surface area contributed by atoms with Gasteiger partial charge in [-0.05, 0) is 45.4 Å². The van der Waals surface area contributed by atoms with Crippen molar-refractivity contribution in [1.82, 2.24) is 10.2 Å². The lowest BCUT2D eigenvalue weighted by atomic mass is 10.1. The number of likely N-dealkylation sites (tertiary alicyclic amines) is 1. The molecule has 27 heavy (non-hydrogen) atoms. The number of hydrogen-bond donors (Lipinski definition) is 1. The van der Waals surface area contributed by atoms with Crippen molar-refractivity contribution in [2.24, 2.45) is 0 Å². The molecular weight excluding hydrogens is 336 g/mol. The predicted octanol–water partition coefficient (Wildman–Crippen LogP) is 4.24. The van der Waals surface area contributed by atoms with Crippen molar-refractivity contribution < 1.29 is 9.47 Å². The fraction of sp³-hybridized carbons (Fsp3) is 0.478. The Morgan fingerprint density at radius 1 is 0.926 bits per heavy atom. The van der Waals surface area contributed by atoms with Crippen molar-refractivity contribution >= 4 is 0 Å². The molecule has 0 aliphatic carbocycles. The van der Waals surface area contributed by atoms with Gasteiger partial charge in [0, 0.05) is 36.8 Å². The topological polar surface area (TPSA) is 33.7 Å². The van der Waals surface area contributed by atoms with Gasteiger partial charge in [0.15, 0.2) is 0 Å². The Labute approximate surface area is 163 Å². The van der Waals surface area contributed by atoms with Crippen molar-refractivity contribution in [3.8, 4) is 11.5 Å². The van der Waals surface area contributed by atoms with Gasteiger partial charge in [-0.25, -0.2) is 0 Å². The first kappa shape index (κ1) is 19.7. The molecule has 0 spiro atoms. The summed E-state index contributed by atoms with van der Waals surface area (Å²) in [6.45, 7) is 9.43. The van der Waals surface area contributed by atoms with Gasteiger partial charge in [-0.2, -0.15) is 0 Å². The van der Waals surface area contributed by atoms with Gasteiger partial charge >= 0.3 is 0 Å². The SMILES string of the molecule is CCOc1ccccc1CNCC1CCCN1Cc1ccccc1OCC. The summed E-state index contributed by atoms with van der Waals surface area (Å²) >= 11 is 0. The monoisotopic (exact) mass is 368 g/mol. The van der Waals surface area contributed by atoms with Crippen LogP contribution in [-0.2, 0) is 13.1 Å². The summed E-state index contributed by atoms with van der Waals surface area (Å²) in [4.78, 5) is 2.58. The van der Waals surface area contributed by atoms with Gasteiger partial charge in [0.1, 0.15) is 11.5 Å². The van der Waals surface area contributed by atoms with Crippen LogP contribution in [0.5, 0.6) is 11.5 Å². The molecule has 0 aromatic heterocycles. The average Bonchev–Trinajstić information content (AvgIpc) is 3.12. The van der Waals surface area contributed by atoms with Gasteiger partial charge in [-0.1, -0.05) is 36.4 Å². The molecule has 1 saturated heterocycles. The van der Waals surface area contributed by atoms with Crippen molar-refractivity contribution in [3.05, 3.63) is 59.7 Å². The van der Waals surface area contributed by atoms with Crippen LogP contribution in [-0.4, -0.2) is 37.2 Å². The number of ether oxygens (including phenoxy) is 2. The smallest absolute Gasteiger partial charge is 0.123 e. The standard InChI is InChI=1S/C23H32N2O2/c1-3-26-22-13-7-5-10-19(22)16-24-17-21-12-9-15-25(21)18-20-11-6-8-14-23(20)27-4-2/h5-8,10-11,13-14,21,24H,3-4,9,12,15-18H2,1-2H3. The zero-order valence-electron chi connectivity index (χ0n) is 16.6. The maximum absolute atomic E-state index is 5.80. The second-order valence-electron chi connectivity index (χ2n) is 6.98. The molecule has 146 valence electrons. The van der Waals surface area contributed by atoms with Crippen LogP contribution < -0.4 is 14.8 Å². The second-order valence-corrected chi connectivity index (χ2v) is 6.98. The summed E-state index contributed by atoms with van der Waals surface area (Å²) in [5.74, 6) is 2.01. The van der Waals surface area contributed by atoms with E-state index >= 15 is 0 Å². The van der Waals surface area contributed by atoms with Crippen LogP contribution in [0.1, 0.15) is 37.8 Å². The molecule has 1 fully saturated rings. The van der Waals surface area contributed by atoms with E-state index in [1.807, 2.05) is 32.0 Å². The zero-order valence-corrected chi connectivity index (χ0v) is 16.6. The maximum atomic E-state index is 5.80. The second kappa shape index (κ2) is 10.3. The summed E-state index contributed by atoms with van der Waals surface area (Å²) in [6, 6.07) is 17.3. The molecule has 0 saturated carbocycles. The highest BCUT2D eigenvalue weighted by Crippen LogP contribution is 2.25. The molecule has 2 aromatic carbocycles. The van der Waals surface area contributed by atoms with Crippen molar-refractivity contribution in [2.45, 2.75) is 45.8 Å². The quantitative estimate of drug-likeness (QED) is 0.680. The Morgan fingerprint density at radius 2 is 1.56 bits per heavy atom. The number of nitrogens with zero attached hydrogens (tertiary/aromatic N) is 1. The van der Waals surface area contributed by atoms with Crippen LogP contribution in [0.3, 0.4) is 0 Å². The van der Waals surface area contributed by atoms with Gasteiger partial charge in [-0.15, -0.1) is 0 Å². The van der Waals surface area contributed by atoms with Crippen LogP contribution in [0.4, 0.5) is 0 Å². The largest absolute Gasteiger partial charge is 0.494 e. The summed E-state index contributed by atoms with van der Waals surface area (Å²) in [5, 5.41) is 3.65. The van der Waals surface area contributed by atoms with Gasteiger partial charge < -0.3 is 14.8 Å². The first-order valence-corrected chi connectivity index (χ1v) is 10.2. The van der Waals surface area contributed by atoms with Crippen LogP contribution in [0.2, 0.25) is 0 Å².